The summed E-state index contributed by atoms with van der Waals surface area (Å²) >= 11 is 2.10. The van der Waals surface area contributed by atoms with Crippen LogP contribution in [0.1, 0.15) is 56.9 Å². The van der Waals surface area contributed by atoms with E-state index in [0.29, 0.717) is 23.7 Å². The summed E-state index contributed by atoms with van der Waals surface area (Å²) in [5, 5.41) is 11.1. The van der Waals surface area contributed by atoms with Gasteiger partial charge in [0.2, 0.25) is 0 Å². The van der Waals surface area contributed by atoms with E-state index in [-0.39, 0.29) is 18.2 Å². The van der Waals surface area contributed by atoms with E-state index in [1.165, 1.54) is 31.9 Å². The molecule has 1 saturated carbocycles. The Morgan fingerprint density at radius 1 is 1.26 bits per heavy atom. The van der Waals surface area contributed by atoms with Gasteiger partial charge in [0, 0.05) is 35.9 Å². The molecule has 34 heavy (non-hydrogen) atoms. The summed E-state index contributed by atoms with van der Waals surface area (Å²) in [6.07, 6.45) is 10.4. The minimum atomic E-state index is -0.713. The lowest BCUT2D eigenvalue weighted by Gasteiger charge is -2.38. The van der Waals surface area contributed by atoms with Gasteiger partial charge in [0.15, 0.2) is 0 Å². The minimum Gasteiger partial charge on any atom is -0.497 e. The second kappa shape index (κ2) is 12.2. The molecular weight excluding hydrogens is 451 g/mol. The van der Waals surface area contributed by atoms with Gasteiger partial charge in [-0.2, -0.15) is 11.8 Å². The highest BCUT2D eigenvalue weighted by atomic mass is 32.2. The van der Waals surface area contributed by atoms with Crippen molar-refractivity contribution in [3.8, 4) is 5.75 Å². The smallest absolute Gasteiger partial charge is 0.303 e. The number of aryl methyl sites for hydroxylation is 1. The first-order valence-electron chi connectivity index (χ1n) is 12.7. The summed E-state index contributed by atoms with van der Waals surface area (Å²) in [6, 6.07) is 5.56. The molecule has 1 aliphatic carbocycles. The van der Waals surface area contributed by atoms with Crippen molar-refractivity contribution in [2.24, 2.45) is 11.8 Å². The van der Waals surface area contributed by atoms with Crippen LogP contribution in [0, 0.1) is 17.7 Å². The van der Waals surface area contributed by atoms with E-state index < -0.39 is 5.97 Å². The van der Waals surface area contributed by atoms with E-state index in [4.69, 9.17) is 4.74 Å². The Bertz CT molecular complexity index is 966. The van der Waals surface area contributed by atoms with Crippen LogP contribution in [-0.4, -0.2) is 58.7 Å². The monoisotopic (exact) mass is 488 g/mol. The van der Waals surface area contributed by atoms with Crippen LogP contribution < -0.4 is 4.74 Å². The fourth-order valence-corrected chi connectivity index (χ4v) is 7.09. The Morgan fingerprint density at radius 3 is 2.85 bits per heavy atom. The third-order valence-corrected chi connectivity index (χ3v) is 8.97. The van der Waals surface area contributed by atoms with E-state index >= 15 is 0 Å². The van der Waals surface area contributed by atoms with Gasteiger partial charge in [-0.15, -0.1) is 0 Å². The average Bonchev–Trinajstić information content (AvgIpc) is 3.34. The highest BCUT2D eigenvalue weighted by Gasteiger charge is 2.30. The maximum absolute atomic E-state index is 14.7. The summed E-state index contributed by atoms with van der Waals surface area (Å²) in [6.45, 7) is 2.96. The molecule has 4 rings (SSSR count). The van der Waals surface area contributed by atoms with Crippen LogP contribution in [0.25, 0.3) is 10.9 Å². The second-order valence-corrected chi connectivity index (χ2v) is 11.3. The van der Waals surface area contributed by atoms with Crippen molar-refractivity contribution < 1.29 is 19.0 Å². The van der Waals surface area contributed by atoms with E-state index in [2.05, 4.69) is 21.6 Å². The fraction of sp³-hybridized carbons (Fsp3) is 0.630. The molecule has 2 heterocycles. The number of carboxylic acid groups (broad SMARTS) is 1. The highest BCUT2D eigenvalue weighted by Crippen LogP contribution is 2.33. The van der Waals surface area contributed by atoms with E-state index in [1.807, 2.05) is 18.2 Å². The number of piperidine rings is 1. The molecule has 1 aromatic heterocycles. The summed E-state index contributed by atoms with van der Waals surface area (Å²) in [5.41, 5.74) is 1.45. The molecule has 2 fully saturated rings. The van der Waals surface area contributed by atoms with Crippen molar-refractivity contribution >= 4 is 28.6 Å². The number of hydrogen-bond acceptors (Lipinski definition) is 5. The highest BCUT2D eigenvalue weighted by molar-refractivity contribution is 7.99. The molecule has 1 aromatic carbocycles. The Hall–Kier alpha value is -1.86. The Labute approximate surface area is 206 Å². The number of halogens is 1. The van der Waals surface area contributed by atoms with Crippen molar-refractivity contribution in [1.82, 2.24) is 9.88 Å². The molecule has 7 heteroatoms. The third-order valence-electron chi connectivity index (χ3n) is 7.61. The molecule has 2 atom stereocenters. The van der Waals surface area contributed by atoms with Crippen LogP contribution in [-0.2, 0) is 11.2 Å². The van der Waals surface area contributed by atoms with Gasteiger partial charge < -0.3 is 14.7 Å². The van der Waals surface area contributed by atoms with Crippen LogP contribution in [0.3, 0.4) is 0 Å². The molecule has 2 aliphatic rings. The first-order valence-corrected chi connectivity index (χ1v) is 13.7. The molecule has 186 valence electrons. The molecule has 5 nitrogen and oxygen atoms in total. The standard InChI is InChI=1S/C27H37FN2O3S/c1-33-21-9-10-26-24(16-21)23(25(28)17-29-26)8-4-5-19-11-12-30(18-20(19)15-27(31)32)13-14-34-22-6-2-3-7-22/h9-10,16-17,19-20,22H,2-8,11-15,18H2,1H3,(H,31,32). The Morgan fingerprint density at radius 2 is 2.09 bits per heavy atom. The third kappa shape index (κ3) is 6.63. The number of pyridine rings is 1. The summed E-state index contributed by atoms with van der Waals surface area (Å²) < 4.78 is 20.0. The predicted molar refractivity (Wildman–Crippen MR) is 136 cm³/mol. The van der Waals surface area contributed by atoms with Crippen molar-refractivity contribution in [2.45, 2.75) is 63.0 Å². The van der Waals surface area contributed by atoms with Gasteiger partial charge in [0.05, 0.1) is 18.8 Å². The molecule has 0 radical (unpaired) electrons. The second-order valence-electron chi connectivity index (χ2n) is 9.84. The summed E-state index contributed by atoms with van der Waals surface area (Å²) in [4.78, 5) is 18.2. The molecule has 1 saturated heterocycles. The number of ether oxygens (including phenoxy) is 1. The van der Waals surface area contributed by atoms with Crippen molar-refractivity contribution in [1.29, 1.82) is 0 Å². The zero-order chi connectivity index (χ0) is 23.9. The van der Waals surface area contributed by atoms with E-state index in [0.717, 1.165) is 60.8 Å². The number of nitrogens with zero attached hydrogens (tertiary/aromatic N) is 2. The normalized spacial score (nSPS) is 21.8. The molecular formula is C27H37FN2O3S. The number of aromatic nitrogens is 1. The lowest BCUT2D eigenvalue weighted by Crippen LogP contribution is -2.42. The van der Waals surface area contributed by atoms with Crippen LogP contribution in [0.4, 0.5) is 4.39 Å². The van der Waals surface area contributed by atoms with Gasteiger partial charge in [0.25, 0.3) is 0 Å². The first-order chi connectivity index (χ1) is 16.5. The molecule has 1 N–H and O–H groups in total. The quantitative estimate of drug-likeness (QED) is 0.432. The Balaban J connectivity index is 1.33. The number of aliphatic carboxylic acids is 1. The summed E-state index contributed by atoms with van der Waals surface area (Å²) in [5.74, 6) is 1.39. The van der Waals surface area contributed by atoms with Crippen molar-refractivity contribution in [3.63, 3.8) is 0 Å². The molecule has 2 unspecified atom stereocenters. The summed E-state index contributed by atoms with van der Waals surface area (Å²) in [7, 11) is 1.61. The molecule has 2 aromatic rings. The molecule has 1 aliphatic heterocycles. The number of thioether (sulfide) groups is 1. The van der Waals surface area contributed by atoms with Crippen LogP contribution in [0.15, 0.2) is 24.4 Å². The van der Waals surface area contributed by atoms with E-state index in [1.54, 1.807) is 7.11 Å². The number of methoxy groups -OCH3 is 1. The largest absolute Gasteiger partial charge is 0.497 e. The number of hydrogen-bond donors (Lipinski definition) is 1. The fourth-order valence-electron chi connectivity index (χ4n) is 5.72. The van der Waals surface area contributed by atoms with Gasteiger partial charge in [-0.05, 0) is 80.7 Å². The first kappa shape index (κ1) is 25.2. The number of benzene rings is 1. The predicted octanol–water partition coefficient (Wildman–Crippen LogP) is 5.79. The van der Waals surface area contributed by atoms with Gasteiger partial charge >= 0.3 is 5.97 Å². The number of rotatable bonds is 11. The number of likely N-dealkylation sites (tertiary alicyclic amines) is 1. The minimum absolute atomic E-state index is 0.168. The van der Waals surface area contributed by atoms with Crippen LogP contribution >= 0.6 is 11.8 Å². The van der Waals surface area contributed by atoms with Crippen LogP contribution in [0.2, 0.25) is 0 Å². The lowest BCUT2D eigenvalue weighted by molar-refractivity contribution is -0.139. The number of carboxylic acids is 1. The van der Waals surface area contributed by atoms with Crippen molar-refractivity contribution in [2.75, 3.05) is 32.5 Å². The number of carbonyl (C=O) groups is 1. The van der Waals surface area contributed by atoms with Gasteiger partial charge in [-0.1, -0.05) is 12.8 Å². The number of fused-ring (bicyclic) bond motifs is 1. The topological polar surface area (TPSA) is 62.7 Å². The Kier molecular flexibility index (Phi) is 9.06. The average molecular weight is 489 g/mol. The van der Waals surface area contributed by atoms with Gasteiger partial charge in [-0.25, -0.2) is 4.39 Å². The zero-order valence-corrected chi connectivity index (χ0v) is 21.0. The molecule has 0 spiro atoms. The molecule has 0 amide bonds. The SMILES string of the molecule is COc1ccc2ncc(F)c(CCCC3CCN(CCSC4CCCC4)CC3CC(=O)O)c2c1. The van der Waals surface area contributed by atoms with Crippen molar-refractivity contribution in [3.05, 3.63) is 35.8 Å². The maximum Gasteiger partial charge on any atom is 0.303 e. The molecule has 0 bridgehead atoms. The zero-order valence-electron chi connectivity index (χ0n) is 20.2. The van der Waals surface area contributed by atoms with Crippen LogP contribution in [0.5, 0.6) is 5.75 Å². The lowest BCUT2D eigenvalue weighted by atomic mass is 9.80. The van der Waals surface area contributed by atoms with Gasteiger partial charge in [-0.3, -0.25) is 9.78 Å². The van der Waals surface area contributed by atoms with Gasteiger partial charge in [0.1, 0.15) is 11.6 Å². The van der Waals surface area contributed by atoms with E-state index in [9.17, 15) is 14.3 Å². The maximum atomic E-state index is 14.7.